The molecule has 8 heteroatoms. The summed E-state index contributed by atoms with van der Waals surface area (Å²) in [5.74, 6) is -0.851. The molecule has 0 fully saturated rings. The summed E-state index contributed by atoms with van der Waals surface area (Å²) in [5, 5.41) is 17.7. The van der Waals surface area contributed by atoms with Gasteiger partial charge in [-0.3, -0.25) is 9.59 Å². The third-order valence-corrected chi connectivity index (χ3v) is 4.59. The van der Waals surface area contributed by atoms with Gasteiger partial charge in [0, 0.05) is 4.88 Å². The van der Waals surface area contributed by atoms with Gasteiger partial charge in [-0.05, 0) is 35.7 Å². The highest BCUT2D eigenvalue weighted by atomic mass is 32.1. The van der Waals surface area contributed by atoms with E-state index in [1.807, 2.05) is 0 Å². The summed E-state index contributed by atoms with van der Waals surface area (Å²) in [7, 11) is 0. The van der Waals surface area contributed by atoms with Gasteiger partial charge in [-0.25, -0.2) is 0 Å². The lowest BCUT2D eigenvalue weighted by molar-refractivity contribution is -0.139. The van der Waals surface area contributed by atoms with Gasteiger partial charge in [-0.15, -0.1) is 11.3 Å². The Balaban J connectivity index is 1.63. The van der Waals surface area contributed by atoms with E-state index in [4.69, 9.17) is 8.83 Å². The molecule has 0 unspecified atom stereocenters. The van der Waals surface area contributed by atoms with Crippen LogP contribution in [0.25, 0.3) is 0 Å². The number of thiophene rings is 1. The van der Waals surface area contributed by atoms with E-state index >= 15 is 0 Å². The van der Waals surface area contributed by atoms with Crippen LogP contribution in [0.3, 0.4) is 0 Å². The lowest BCUT2D eigenvalue weighted by Crippen LogP contribution is -2.46. The zero-order valence-electron chi connectivity index (χ0n) is 13.1. The standard InChI is InChI=1S/C17H16N2O5S/c20-15(18-10-12-4-1-7-23-12)16(21)19-11-17(22,13-5-2-8-24-13)14-6-3-9-25-14/h1-9,22H,10-11H2,(H,18,20)(H,19,21)/t17-/m1/s1. The summed E-state index contributed by atoms with van der Waals surface area (Å²) in [5.41, 5.74) is -1.55. The van der Waals surface area contributed by atoms with Gasteiger partial charge in [0.25, 0.3) is 0 Å². The van der Waals surface area contributed by atoms with Gasteiger partial charge >= 0.3 is 11.8 Å². The van der Waals surface area contributed by atoms with E-state index in [1.54, 1.807) is 41.8 Å². The highest BCUT2D eigenvalue weighted by Crippen LogP contribution is 2.32. The van der Waals surface area contributed by atoms with Crippen molar-refractivity contribution in [1.29, 1.82) is 0 Å². The van der Waals surface area contributed by atoms with E-state index in [-0.39, 0.29) is 18.8 Å². The minimum absolute atomic E-state index is 0.104. The second-order valence-corrected chi connectivity index (χ2v) is 6.21. The fourth-order valence-corrected chi connectivity index (χ4v) is 3.10. The minimum atomic E-state index is -1.55. The predicted octanol–water partition coefficient (Wildman–Crippen LogP) is 1.60. The monoisotopic (exact) mass is 360 g/mol. The Morgan fingerprint density at radius 2 is 1.80 bits per heavy atom. The van der Waals surface area contributed by atoms with Gasteiger partial charge in [0.1, 0.15) is 11.5 Å². The first-order valence-electron chi connectivity index (χ1n) is 7.48. The van der Waals surface area contributed by atoms with E-state index < -0.39 is 17.4 Å². The molecule has 3 aromatic heterocycles. The zero-order valence-corrected chi connectivity index (χ0v) is 13.9. The minimum Gasteiger partial charge on any atom is -0.467 e. The molecule has 3 rings (SSSR count). The topological polar surface area (TPSA) is 105 Å². The molecule has 0 spiro atoms. The second kappa shape index (κ2) is 7.37. The summed E-state index contributed by atoms with van der Waals surface area (Å²) in [4.78, 5) is 24.5. The largest absolute Gasteiger partial charge is 0.467 e. The van der Waals surface area contributed by atoms with Gasteiger partial charge in [-0.2, -0.15) is 0 Å². The van der Waals surface area contributed by atoms with Crippen molar-refractivity contribution in [3.05, 3.63) is 70.7 Å². The number of rotatable bonds is 6. The highest BCUT2D eigenvalue weighted by Gasteiger charge is 2.36. The van der Waals surface area contributed by atoms with Crippen molar-refractivity contribution < 1.29 is 23.5 Å². The molecule has 130 valence electrons. The SMILES string of the molecule is O=C(NCc1ccco1)C(=O)NC[C@@](O)(c1ccco1)c1cccs1. The van der Waals surface area contributed by atoms with Crippen LogP contribution in [0.2, 0.25) is 0 Å². The predicted molar refractivity (Wildman–Crippen MR) is 89.6 cm³/mol. The average Bonchev–Trinajstić information content (AvgIpc) is 3.38. The lowest BCUT2D eigenvalue weighted by Gasteiger charge is -2.25. The maximum absolute atomic E-state index is 12.0. The second-order valence-electron chi connectivity index (χ2n) is 5.26. The van der Waals surface area contributed by atoms with Crippen LogP contribution in [-0.4, -0.2) is 23.5 Å². The first kappa shape index (κ1) is 17.0. The van der Waals surface area contributed by atoms with Crippen LogP contribution < -0.4 is 10.6 Å². The lowest BCUT2D eigenvalue weighted by atomic mass is 9.98. The molecule has 7 nitrogen and oxygen atoms in total. The van der Waals surface area contributed by atoms with Crippen molar-refractivity contribution in [2.75, 3.05) is 6.54 Å². The summed E-state index contributed by atoms with van der Waals surface area (Å²) < 4.78 is 10.4. The number of amides is 2. The molecule has 0 aliphatic heterocycles. The molecule has 0 aromatic carbocycles. The molecule has 0 saturated heterocycles. The van der Waals surface area contributed by atoms with Crippen LogP contribution >= 0.6 is 11.3 Å². The van der Waals surface area contributed by atoms with Crippen molar-refractivity contribution in [2.45, 2.75) is 12.1 Å². The van der Waals surface area contributed by atoms with Crippen molar-refractivity contribution in [3.63, 3.8) is 0 Å². The Labute approximate surface area is 147 Å². The van der Waals surface area contributed by atoms with Gasteiger partial charge in [0.05, 0.1) is 25.6 Å². The van der Waals surface area contributed by atoms with Crippen molar-refractivity contribution in [2.24, 2.45) is 0 Å². The van der Waals surface area contributed by atoms with E-state index in [2.05, 4.69) is 10.6 Å². The first-order chi connectivity index (χ1) is 12.1. The third-order valence-electron chi connectivity index (χ3n) is 3.57. The van der Waals surface area contributed by atoms with Gasteiger partial charge in [-0.1, -0.05) is 6.07 Å². The molecule has 2 amide bonds. The fourth-order valence-electron chi connectivity index (χ4n) is 2.27. The van der Waals surface area contributed by atoms with E-state index in [1.165, 1.54) is 23.9 Å². The molecule has 0 bridgehead atoms. The molecule has 3 aromatic rings. The van der Waals surface area contributed by atoms with E-state index in [9.17, 15) is 14.7 Å². The Hall–Kier alpha value is -2.84. The number of aliphatic hydroxyl groups is 1. The molecule has 0 aliphatic rings. The molecule has 0 saturated carbocycles. The van der Waals surface area contributed by atoms with Crippen LogP contribution in [0, 0.1) is 0 Å². The first-order valence-corrected chi connectivity index (χ1v) is 8.36. The van der Waals surface area contributed by atoms with Gasteiger partial charge in [0.2, 0.25) is 0 Å². The number of nitrogens with one attached hydrogen (secondary N) is 2. The summed E-state index contributed by atoms with van der Waals surface area (Å²) >= 11 is 1.32. The van der Waals surface area contributed by atoms with Gasteiger partial charge < -0.3 is 24.6 Å². The Kier molecular flexibility index (Phi) is 5.01. The maximum Gasteiger partial charge on any atom is 0.309 e. The zero-order chi connectivity index (χ0) is 17.7. The summed E-state index contributed by atoms with van der Waals surface area (Å²) in [6.07, 6.45) is 2.91. The summed E-state index contributed by atoms with van der Waals surface area (Å²) in [6, 6.07) is 10.1. The number of hydrogen-bond acceptors (Lipinski definition) is 6. The van der Waals surface area contributed by atoms with E-state index in [0.29, 0.717) is 10.6 Å². The van der Waals surface area contributed by atoms with Crippen LogP contribution in [0.4, 0.5) is 0 Å². The quantitative estimate of drug-likeness (QED) is 0.579. The number of carbonyl (C=O) groups excluding carboxylic acids is 2. The normalized spacial score (nSPS) is 13.2. The average molecular weight is 360 g/mol. The Bertz CT molecular complexity index is 775. The van der Waals surface area contributed by atoms with Crippen molar-refractivity contribution >= 4 is 23.2 Å². The molecular weight excluding hydrogens is 344 g/mol. The van der Waals surface area contributed by atoms with Crippen LogP contribution in [0.5, 0.6) is 0 Å². The molecule has 0 aliphatic carbocycles. The number of carbonyl (C=O) groups is 2. The number of hydrogen-bond donors (Lipinski definition) is 3. The Morgan fingerprint density at radius 3 is 2.44 bits per heavy atom. The third kappa shape index (κ3) is 3.81. The van der Waals surface area contributed by atoms with Crippen LogP contribution in [0.15, 0.2) is 63.1 Å². The van der Waals surface area contributed by atoms with Crippen LogP contribution in [-0.2, 0) is 21.7 Å². The molecule has 3 N–H and O–H groups in total. The molecule has 1 atom stereocenters. The molecular formula is C17H16N2O5S. The molecule has 25 heavy (non-hydrogen) atoms. The maximum atomic E-state index is 12.0. The highest BCUT2D eigenvalue weighted by molar-refractivity contribution is 7.10. The Morgan fingerprint density at radius 1 is 1.04 bits per heavy atom. The van der Waals surface area contributed by atoms with Gasteiger partial charge in [0.15, 0.2) is 5.60 Å². The fraction of sp³-hybridized carbons (Fsp3) is 0.176. The number of furan rings is 2. The van der Waals surface area contributed by atoms with Crippen molar-refractivity contribution in [3.8, 4) is 0 Å². The molecule has 0 radical (unpaired) electrons. The van der Waals surface area contributed by atoms with E-state index in [0.717, 1.165) is 0 Å². The van der Waals surface area contributed by atoms with Crippen LogP contribution in [0.1, 0.15) is 16.4 Å². The van der Waals surface area contributed by atoms with Crippen molar-refractivity contribution in [1.82, 2.24) is 10.6 Å². The molecule has 3 heterocycles. The summed E-state index contributed by atoms with van der Waals surface area (Å²) in [6.45, 7) is -0.0966. The smallest absolute Gasteiger partial charge is 0.309 e.